The SMILES string of the molecule is CC(=O)NCCNC(=O)c1cc(C)n(C)c1C. The molecule has 5 nitrogen and oxygen atoms in total. The van der Waals surface area contributed by atoms with Crippen LogP contribution in [0.1, 0.15) is 28.7 Å². The summed E-state index contributed by atoms with van der Waals surface area (Å²) in [5, 5.41) is 5.39. The van der Waals surface area contributed by atoms with Gasteiger partial charge in [0.2, 0.25) is 5.91 Å². The first kappa shape index (κ1) is 13.3. The molecular formula is C12H19N3O2. The Balaban J connectivity index is 2.53. The third-order valence-electron chi connectivity index (χ3n) is 2.80. The molecule has 0 aliphatic carbocycles. The van der Waals surface area contributed by atoms with Gasteiger partial charge in [-0.15, -0.1) is 0 Å². The first-order valence-corrected chi connectivity index (χ1v) is 5.59. The van der Waals surface area contributed by atoms with Crippen molar-refractivity contribution in [2.75, 3.05) is 13.1 Å². The van der Waals surface area contributed by atoms with Crippen molar-refractivity contribution in [3.05, 3.63) is 23.0 Å². The van der Waals surface area contributed by atoms with Gasteiger partial charge in [-0.3, -0.25) is 9.59 Å². The number of carbonyl (C=O) groups is 2. The predicted molar refractivity (Wildman–Crippen MR) is 65.9 cm³/mol. The Morgan fingerprint density at radius 3 is 2.29 bits per heavy atom. The van der Waals surface area contributed by atoms with Crippen LogP contribution < -0.4 is 10.6 Å². The van der Waals surface area contributed by atoms with Crippen LogP contribution in [0.2, 0.25) is 0 Å². The number of aryl methyl sites for hydroxylation is 1. The molecule has 1 heterocycles. The second-order valence-corrected chi connectivity index (χ2v) is 4.08. The first-order chi connectivity index (χ1) is 7.93. The molecule has 0 aromatic carbocycles. The molecular weight excluding hydrogens is 218 g/mol. The molecule has 94 valence electrons. The molecule has 0 unspecified atom stereocenters. The van der Waals surface area contributed by atoms with Gasteiger partial charge in [0, 0.05) is 38.4 Å². The minimum Gasteiger partial charge on any atom is -0.355 e. The molecule has 1 aromatic heterocycles. The van der Waals surface area contributed by atoms with Gasteiger partial charge in [0.15, 0.2) is 0 Å². The maximum absolute atomic E-state index is 11.8. The normalized spacial score (nSPS) is 10.1. The molecule has 0 aliphatic heterocycles. The van der Waals surface area contributed by atoms with E-state index in [0.29, 0.717) is 18.7 Å². The molecule has 1 rings (SSSR count). The zero-order chi connectivity index (χ0) is 13.0. The topological polar surface area (TPSA) is 63.1 Å². The molecule has 5 heteroatoms. The van der Waals surface area contributed by atoms with Gasteiger partial charge >= 0.3 is 0 Å². The highest BCUT2D eigenvalue weighted by Crippen LogP contribution is 2.12. The largest absolute Gasteiger partial charge is 0.355 e. The molecule has 0 spiro atoms. The summed E-state index contributed by atoms with van der Waals surface area (Å²) in [7, 11) is 1.93. The van der Waals surface area contributed by atoms with Crippen molar-refractivity contribution in [2.45, 2.75) is 20.8 Å². The lowest BCUT2D eigenvalue weighted by molar-refractivity contribution is -0.118. The Bertz CT molecular complexity index is 435. The van der Waals surface area contributed by atoms with Crippen LogP contribution in [0.15, 0.2) is 6.07 Å². The van der Waals surface area contributed by atoms with Crippen LogP contribution in [-0.4, -0.2) is 29.5 Å². The van der Waals surface area contributed by atoms with Gasteiger partial charge in [0.1, 0.15) is 0 Å². The van der Waals surface area contributed by atoms with E-state index in [1.165, 1.54) is 6.92 Å². The van der Waals surface area contributed by atoms with Crippen molar-refractivity contribution in [3.63, 3.8) is 0 Å². The maximum atomic E-state index is 11.8. The van der Waals surface area contributed by atoms with Crippen molar-refractivity contribution < 1.29 is 9.59 Å². The van der Waals surface area contributed by atoms with E-state index in [1.807, 2.05) is 31.5 Å². The number of nitrogens with one attached hydrogen (secondary N) is 2. The molecule has 2 amide bonds. The molecule has 1 aromatic rings. The van der Waals surface area contributed by atoms with Crippen molar-refractivity contribution in [1.29, 1.82) is 0 Å². The highest BCUT2D eigenvalue weighted by Gasteiger charge is 2.12. The molecule has 0 saturated heterocycles. The van der Waals surface area contributed by atoms with E-state index in [-0.39, 0.29) is 11.8 Å². The number of carbonyl (C=O) groups excluding carboxylic acids is 2. The van der Waals surface area contributed by atoms with Crippen LogP contribution in [-0.2, 0) is 11.8 Å². The standard InChI is InChI=1S/C12H19N3O2/c1-8-7-11(9(2)15(8)4)12(17)14-6-5-13-10(3)16/h7H,5-6H2,1-4H3,(H,13,16)(H,14,17). The van der Waals surface area contributed by atoms with Crippen LogP contribution in [0.4, 0.5) is 0 Å². The third-order valence-corrected chi connectivity index (χ3v) is 2.80. The smallest absolute Gasteiger partial charge is 0.253 e. The lowest BCUT2D eigenvalue weighted by atomic mass is 10.2. The summed E-state index contributed by atoms with van der Waals surface area (Å²) in [5.74, 6) is -0.192. The molecule has 2 N–H and O–H groups in total. The van der Waals surface area contributed by atoms with E-state index in [1.54, 1.807) is 0 Å². The molecule has 0 radical (unpaired) electrons. The average Bonchev–Trinajstić information content (AvgIpc) is 2.52. The number of amides is 2. The van der Waals surface area contributed by atoms with Crippen LogP contribution in [0.5, 0.6) is 0 Å². The number of hydrogen-bond acceptors (Lipinski definition) is 2. The Hall–Kier alpha value is -1.78. The van der Waals surface area contributed by atoms with Crippen LogP contribution in [0, 0.1) is 13.8 Å². The van der Waals surface area contributed by atoms with Gasteiger partial charge in [0.25, 0.3) is 5.91 Å². The molecule has 0 fully saturated rings. The van der Waals surface area contributed by atoms with Crippen molar-refractivity contribution in [2.24, 2.45) is 7.05 Å². The van der Waals surface area contributed by atoms with Crippen molar-refractivity contribution >= 4 is 11.8 Å². The van der Waals surface area contributed by atoms with E-state index in [9.17, 15) is 9.59 Å². The van der Waals surface area contributed by atoms with E-state index >= 15 is 0 Å². The molecule has 0 saturated carbocycles. The van der Waals surface area contributed by atoms with E-state index < -0.39 is 0 Å². The molecule has 0 bridgehead atoms. The Labute approximate surface area is 101 Å². The molecule has 0 aliphatic rings. The fourth-order valence-corrected chi connectivity index (χ4v) is 1.60. The fourth-order valence-electron chi connectivity index (χ4n) is 1.60. The summed E-state index contributed by atoms with van der Waals surface area (Å²) >= 11 is 0. The van der Waals surface area contributed by atoms with Gasteiger partial charge in [-0.25, -0.2) is 0 Å². The molecule has 17 heavy (non-hydrogen) atoms. The number of hydrogen-bond donors (Lipinski definition) is 2. The summed E-state index contributed by atoms with van der Waals surface area (Å²) in [6.45, 7) is 6.21. The average molecular weight is 237 g/mol. The molecule has 0 atom stereocenters. The second-order valence-electron chi connectivity index (χ2n) is 4.08. The zero-order valence-corrected chi connectivity index (χ0v) is 10.8. The predicted octanol–water partition coefficient (Wildman–Crippen LogP) is 0.508. The minimum atomic E-state index is -0.100. The van der Waals surface area contributed by atoms with Gasteiger partial charge in [-0.2, -0.15) is 0 Å². The quantitative estimate of drug-likeness (QED) is 0.749. The van der Waals surface area contributed by atoms with Gasteiger partial charge < -0.3 is 15.2 Å². The Morgan fingerprint density at radius 2 is 1.82 bits per heavy atom. The monoisotopic (exact) mass is 237 g/mol. The first-order valence-electron chi connectivity index (χ1n) is 5.59. The summed E-state index contributed by atoms with van der Waals surface area (Å²) in [4.78, 5) is 22.5. The van der Waals surface area contributed by atoms with Gasteiger partial charge in [-0.05, 0) is 19.9 Å². The lowest BCUT2D eigenvalue weighted by Crippen LogP contribution is -2.33. The Morgan fingerprint density at radius 1 is 1.24 bits per heavy atom. The second kappa shape index (κ2) is 5.52. The van der Waals surface area contributed by atoms with Crippen LogP contribution in [0.3, 0.4) is 0 Å². The van der Waals surface area contributed by atoms with Crippen LogP contribution in [0.25, 0.3) is 0 Å². The summed E-state index contributed by atoms with van der Waals surface area (Å²) in [6, 6.07) is 1.86. The third kappa shape index (κ3) is 3.34. The Kier molecular flexibility index (Phi) is 4.31. The zero-order valence-electron chi connectivity index (χ0n) is 10.8. The van der Waals surface area contributed by atoms with Crippen molar-refractivity contribution in [1.82, 2.24) is 15.2 Å². The lowest BCUT2D eigenvalue weighted by Gasteiger charge is -2.05. The highest BCUT2D eigenvalue weighted by atomic mass is 16.2. The van der Waals surface area contributed by atoms with Crippen LogP contribution >= 0.6 is 0 Å². The summed E-state index contributed by atoms with van der Waals surface area (Å²) in [5.41, 5.74) is 2.68. The number of nitrogens with zero attached hydrogens (tertiary/aromatic N) is 1. The maximum Gasteiger partial charge on any atom is 0.253 e. The van der Waals surface area contributed by atoms with E-state index in [4.69, 9.17) is 0 Å². The highest BCUT2D eigenvalue weighted by molar-refractivity contribution is 5.95. The van der Waals surface area contributed by atoms with Crippen molar-refractivity contribution in [3.8, 4) is 0 Å². The number of rotatable bonds is 4. The number of aromatic nitrogens is 1. The van der Waals surface area contributed by atoms with E-state index in [0.717, 1.165) is 11.4 Å². The van der Waals surface area contributed by atoms with Gasteiger partial charge in [-0.1, -0.05) is 0 Å². The fraction of sp³-hybridized carbons (Fsp3) is 0.500. The van der Waals surface area contributed by atoms with E-state index in [2.05, 4.69) is 10.6 Å². The summed E-state index contributed by atoms with van der Waals surface area (Å²) in [6.07, 6.45) is 0. The summed E-state index contributed by atoms with van der Waals surface area (Å²) < 4.78 is 1.97. The van der Waals surface area contributed by atoms with Gasteiger partial charge in [0.05, 0.1) is 5.56 Å². The minimum absolute atomic E-state index is 0.0917.